The molecular formula is C30H38N6O5. The van der Waals surface area contributed by atoms with Gasteiger partial charge < -0.3 is 24.5 Å². The lowest BCUT2D eigenvalue weighted by molar-refractivity contribution is -0.152. The molecule has 4 aliphatic heterocycles. The van der Waals surface area contributed by atoms with Gasteiger partial charge in [0.1, 0.15) is 23.8 Å². The number of fused-ring (bicyclic) bond motifs is 3. The number of hydrogen-bond donors (Lipinski definition) is 1. The summed E-state index contributed by atoms with van der Waals surface area (Å²) in [7, 11) is 0. The van der Waals surface area contributed by atoms with Crippen LogP contribution in [0.2, 0.25) is 0 Å². The van der Waals surface area contributed by atoms with E-state index in [1.807, 2.05) is 69.3 Å². The maximum Gasteiger partial charge on any atom is 0.250 e. The molecule has 2 aromatic rings. The Balaban J connectivity index is 1.43. The molecule has 6 atom stereocenters. The van der Waals surface area contributed by atoms with Crippen molar-refractivity contribution in [2.24, 2.45) is 17.8 Å². The predicted molar refractivity (Wildman–Crippen MR) is 150 cm³/mol. The second-order valence-corrected chi connectivity index (χ2v) is 11.9. The third kappa shape index (κ3) is 4.37. The van der Waals surface area contributed by atoms with Crippen LogP contribution in [0, 0.1) is 17.8 Å². The molecule has 4 aliphatic rings. The molecule has 0 aliphatic carbocycles. The minimum atomic E-state index is -1.33. The summed E-state index contributed by atoms with van der Waals surface area (Å²) in [6.45, 7) is 7.21. The Kier molecular flexibility index (Phi) is 7.19. The molecule has 1 spiro atoms. The summed E-state index contributed by atoms with van der Waals surface area (Å²) in [5, 5.41) is 19.0. The second-order valence-electron chi connectivity index (χ2n) is 11.9. The van der Waals surface area contributed by atoms with E-state index in [2.05, 4.69) is 10.3 Å². The summed E-state index contributed by atoms with van der Waals surface area (Å²) in [6.07, 6.45) is 8.18. The van der Waals surface area contributed by atoms with Crippen molar-refractivity contribution in [1.29, 1.82) is 0 Å². The van der Waals surface area contributed by atoms with E-state index in [1.54, 1.807) is 14.5 Å². The number of benzene rings is 1. The van der Waals surface area contributed by atoms with Crippen LogP contribution >= 0.6 is 0 Å². The fourth-order valence-electron chi connectivity index (χ4n) is 7.17. The number of ether oxygens (including phenoxy) is 1. The van der Waals surface area contributed by atoms with Gasteiger partial charge in [-0.2, -0.15) is 0 Å². The Labute approximate surface area is 239 Å². The number of carbonyl (C=O) groups excluding carboxylic acids is 3. The summed E-state index contributed by atoms with van der Waals surface area (Å²) >= 11 is 0. The lowest BCUT2D eigenvalue weighted by atomic mass is 9.77. The summed E-state index contributed by atoms with van der Waals surface area (Å²) in [5.74, 6) is -2.19. The fraction of sp³-hybridized carbons (Fsp3) is 0.567. The number of rotatable bonds is 8. The molecule has 218 valence electrons. The van der Waals surface area contributed by atoms with Gasteiger partial charge in [0.25, 0.3) is 5.91 Å². The van der Waals surface area contributed by atoms with Crippen LogP contribution in [0.5, 0.6) is 0 Å². The molecule has 0 bridgehead atoms. The molecule has 11 heteroatoms. The summed E-state index contributed by atoms with van der Waals surface area (Å²) < 4.78 is 8.39. The van der Waals surface area contributed by atoms with Crippen LogP contribution in [-0.4, -0.2) is 103 Å². The maximum atomic E-state index is 14.6. The third-order valence-corrected chi connectivity index (χ3v) is 8.83. The largest absolute Gasteiger partial charge is 0.394 e. The number of hydrogen-bond acceptors (Lipinski definition) is 7. The zero-order valence-electron chi connectivity index (χ0n) is 23.8. The fourth-order valence-corrected chi connectivity index (χ4v) is 7.17. The highest BCUT2D eigenvalue weighted by Gasteiger charge is 2.72. The summed E-state index contributed by atoms with van der Waals surface area (Å²) in [4.78, 5) is 47.9. The molecule has 2 fully saturated rings. The van der Waals surface area contributed by atoms with Gasteiger partial charge in [0.05, 0.1) is 36.1 Å². The van der Waals surface area contributed by atoms with Gasteiger partial charge in [-0.05, 0) is 30.9 Å². The number of aromatic nitrogens is 3. The number of nitrogens with zero attached hydrogens (tertiary/aromatic N) is 6. The van der Waals surface area contributed by atoms with Gasteiger partial charge in [0, 0.05) is 19.6 Å². The van der Waals surface area contributed by atoms with E-state index in [4.69, 9.17) is 4.74 Å². The smallest absolute Gasteiger partial charge is 0.250 e. The molecule has 1 aromatic carbocycles. The van der Waals surface area contributed by atoms with Gasteiger partial charge in [-0.3, -0.25) is 14.4 Å². The Bertz CT molecular complexity index is 1400. The number of aliphatic hydroxyl groups excluding tert-OH is 1. The molecule has 0 radical (unpaired) electrons. The first-order chi connectivity index (χ1) is 19.8. The minimum Gasteiger partial charge on any atom is -0.394 e. The van der Waals surface area contributed by atoms with E-state index >= 15 is 0 Å². The van der Waals surface area contributed by atoms with Gasteiger partial charge in [-0.25, -0.2) is 4.68 Å². The average molecular weight is 563 g/mol. The van der Waals surface area contributed by atoms with Crippen LogP contribution in [0.4, 0.5) is 0 Å². The summed E-state index contributed by atoms with van der Waals surface area (Å²) in [6, 6.07) is 5.91. The summed E-state index contributed by atoms with van der Waals surface area (Å²) in [5.41, 5.74) is 0.181. The molecule has 5 heterocycles. The number of carbonyl (C=O) groups is 3. The van der Waals surface area contributed by atoms with Crippen LogP contribution < -0.4 is 0 Å². The van der Waals surface area contributed by atoms with Gasteiger partial charge in [0.2, 0.25) is 11.8 Å². The van der Waals surface area contributed by atoms with Crippen molar-refractivity contribution in [1.82, 2.24) is 29.7 Å². The van der Waals surface area contributed by atoms with Crippen molar-refractivity contribution >= 4 is 28.8 Å². The molecule has 1 N–H and O–H groups in total. The maximum absolute atomic E-state index is 14.6. The van der Waals surface area contributed by atoms with E-state index in [-0.39, 0.29) is 43.5 Å². The number of para-hydroxylation sites is 1. The topological polar surface area (TPSA) is 121 Å². The molecule has 6 rings (SSSR count). The predicted octanol–water partition coefficient (Wildman–Crippen LogP) is 1.58. The first kappa shape index (κ1) is 27.6. The molecule has 2 saturated heterocycles. The molecule has 1 unspecified atom stereocenters. The SMILES string of the molecule is CCCN1CC=C[C@@H]2O[C@]34C=CCN(Cn5nnc6ccccc65)C(=O)C3N([C@@H](CO)CC(C)C)C(=O)[C@@H]4[C@@H]2C1=O. The Morgan fingerprint density at radius 3 is 2.61 bits per heavy atom. The Morgan fingerprint density at radius 1 is 1.07 bits per heavy atom. The quantitative estimate of drug-likeness (QED) is 0.485. The van der Waals surface area contributed by atoms with Crippen LogP contribution in [-0.2, 0) is 25.8 Å². The first-order valence-electron chi connectivity index (χ1n) is 14.6. The third-order valence-electron chi connectivity index (χ3n) is 8.83. The second kappa shape index (κ2) is 10.7. The normalized spacial score (nSPS) is 30.2. The van der Waals surface area contributed by atoms with E-state index in [9.17, 15) is 19.5 Å². The number of likely N-dealkylation sites (tertiary alicyclic amines) is 1. The van der Waals surface area contributed by atoms with Gasteiger partial charge in [-0.15, -0.1) is 5.10 Å². The van der Waals surface area contributed by atoms with E-state index in [0.29, 0.717) is 19.5 Å². The van der Waals surface area contributed by atoms with Crippen molar-refractivity contribution in [2.75, 3.05) is 26.2 Å². The number of aliphatic hydroxyl groups is 1. The first-order valence-corrected chi connectivity index (χ1v) is 14.6. The van der Waals surface area contributed by atoms with Crippen molar-refractivity contribution in [3.05, 3.63) is 48.6 Å². The Morgan fingerprint density at radius 2 is 1.85 bits per heavy atom. The molecule has 1 aromatic heterocycles. The minimum absolute atomic E-state index is 0.127. The van der Waals surface area contributed by atoms with Crippen LogP contribution in [0.15, 0.2) is 48.6 Å². The van der Waals surface area contributed by atoms with Gasteiger partial charge >= 0.3 is 0 Å². The van der Waals surface area contributed by atoms with Gasteiger partial charge in [-0.1, -0.05) is 62.4 Å². The molecule has 0 saturated carbocycles. The highest BCUT2D eigenvalue weighted by Crippen LogP contribution is 2.54. The highest BCUT2D eigenvalue weighted by molar-refractivity contribution is 6.00. The van der Waals surface area contributed by atoms with E-state index < -0.39 is 35.6 Å². The molecule has 11 nitrogen and oxygen atoms in total. The van der Waals surface area contributed by atoms with Crippen LogP contribution in [0.25, 0.3) is 11.0 Å². The molecule has 3 amide bonds. The molecule has 41 heavy (non-hydrogen) atoms. The van der Waals surface area contributed by atoms with E-state index in [1.165, 1.54) is 4.90 Å². The Hall–Kier alpha value is -3.57. The van der Waals surface area contributed by atoms with Crippen molar-refractivity contribution in [2.45, 2.75) is 64.1 Å². The zero-order chi connectivity index (χ0) is 28.9. The monoisotopic (exact) mass is 562 g/mol. The zero-order valence-corrected chi connectivity index (χ0v) is 23.8. The lowest BCUT2D eigenvalue weighted by Crippen LogP contribution is -2.58. The standard InChI is InChI=1S/C30H38N6O5/c1-4-13-33-14-7-11-23-24(27(33)38)25-28(39)36(20(17-37)16-19(2)3)26-29(40)34(15-8-12-30(25,26)41-23)18-35-22-10-6-5-9-21(22)31-32-35/h5-12,19-20,23-26,37H,4,13-18H2,1-3H3/t20-,23+,24-,25+,26?,30+/m1/s1. The van der Waals surface area contributed by atoms with Crippen molar-refractivity contribution in [3.8, 4) is 0 Å². The van der Waals surface area contributed by atoms with Crippen molar-refractivity contribution < 1.29 is 24.2 Å². The number of amides is 3. The van der Waals surface area contributed by atoms with Crippen LogP contribution in [0.1, 0.15) is 33.6 Å². The lowest BCUT2D eigenvalue weighted by Gasteiger charge is -2.39. The molecular weight excluding hydrogens is 524 g/mol. The van der Waals surface area contributed by atoms with Crippen LogP contribution in [0.3, 0.4) is 0 Å². The van der Waals surface area contributed by atoms with Gasteiger partial charge in [0.15, 0.2) is 0 Å². The highest BCUT2D eigenvalue weighted by atomic mass is 16.5. The van der Waals surface area contributed by atoms with E-state index in [0.717, 1.165) is 17.5 Å². The van der Waals surface area contributed by atoms with Crippen molar-refractivity contribution in [3.63, 3.8) is 0 Å². The average Bonchev–Trinajstić information content (AvgIpc) is 3.51.